The van der Waals surface area contributed by atoms with Crippen molar-refractivity contribution in [1.29, 1.82) is 0 Å². The Hall–Kier alpha value is -1.28. The van der Waals surface area contributed by atoms with Crippen molar-refractivity contribution in [3.05, 3.63) is 66.4 Å². The normalized spacial score (nSPS) is 15.4. The summed E-state index contributed by atoms with van der Waals surface area (Å²) < 4.78 is 7.42. The Bertz CT molecular complexity index is 940. The number of benzene rings is 2. The average Bonchev–Trinajstić information content (AvgIpc) is 2.94. The molecule has 0 N–H and O–H groups in total. The molecule has 8 heteroatoms. The van der Waals surface area contributed by atoms with Crippen LogP contribution in [0.2, 0.25) is 5.02 Å². The fourth-order valence-electron chi connectivity index (χ4n) is 2.70. The minimum atomic E-state index is -0.233. The molecule has 0 saturated carbocycles. The molecule has 1 aliphatic heterocycles. The first-order valence-corrected chi connectivity index (χ1v) is 11.8. The lowest BCUT2D eigenvalue weighted by Gasteiger charge is -2.12. The van der Waals surface area contributed by atoms with Gasteiger partial charge in [0.05, 0.1) is 13.9 Å². The summed E-state index contributed by atoms with van der Waals surface area (Å²) >= 11 is 13.9. The van der Waals surface area contributed by atoms with Crippen molar-refractivity contribution in [2.45, 2.75) is 26.4 Å². The van der Waals surface area contributed by atoms with Crippen molar-refractivity contribution < 1.29 is 14.3 Å². The van der Waals surface area contributed by atoms with Crippen LogP contribution in [-0.2, 0) is 11.4 Å². The smallest absolute Gasteiger partial charge is 0.293 e. The van der Waals surface area contributed by atoms with E-state index in [1.165, 1.54) is 4.90 Å². The Labute approximate surface area is 195 Å². The van der Waals surface area contributed by atoms with Crippen LogP contribution in [0.3, 0.4) is 0 Å². The number of amides is 2. The molecule has 0 bridgehead atoms. The third-order valence-electron chi connectivity index (χ3n) is 4.22. The number of thioether (sulfide) groups is 1. The second-order valence-corrected chi connectivity index (χ2v) is 9.55. The van der Waals surface area contributed by atoms with E-state index in [1.54, 1.807) is 6.08 Å². The maximum atomic E-state index is 12.5. The second kappa shape index (κ2) is 10.2. The van der Waals surface area contributed by atoms with Gasteiger partial charge < -0.3 is 4.74 Å². The zero-order valence-corrected chi connectivity index (χ0v) is 20.3. The van der Waals surface area contributed by atoms with Gasteiger partial charge in [0, 0.05) is 11.6 Å². The monoisotopic (exact) mass is 557 g/mol. The van der Waals surface area contributed by atoms with Gasteiger partial charge in [-0.3, -0.25) is 14.5 Å². The van der Waals surface area contributed by atoms with Crippen LogP contribution in [0.5, 0.6) is 5.75 Å². The highest BCUT2D eigenvalue weighted by Crippen LogP contribution is 2.38. The molecular formula is C21H18Br2ClNO3S. The van der Waals surface area contributed by atoms with Gasteiger partial charge in [-0.2, -0.15) is 0 Å². The number of halogens is 3. The van der Waals surface area contributed by atoms with Crippen LogP contribution < -0.4 is 4.74 Å². The predicted octanol–water partition coefficient (Wildman–Crippen LogP) is 7.28. The minimum absolute atomic E-state index is 0.212. The summed E-state index contributed by atoms with van der Waals surface area (Å²) in [5.41, 5.74) is 1.79. The van der Waals surface area contributed by atoms with E-state index in [4.69, 9.17) is 16.3 Å². The molecule has 0 unspecified atom stereocenters. The van der Waals surface area contributed by atoms with Gasteiger partial charge >= 0.3 is 0 Å². The van der Waals surface area contributed by atoms with Crippen molar-refractivity contribution in [3.63, 3.8) is 0 Å². The molecule has 0 aliphatic carbocycles. The third-order valence-corrected chi connectivity index (χ3v) is 6.56. The Kier molecular flexibility index (Phi) is 7.85. The first-order chi connectivity index (χ1) is 13.9. The summed E-state index contributed by atoms with van der Waals surface area (Å²) in [5.74, 6) is 0.428. The van der Waals surface area contributed by atoms with E-state index >= 15 is 0 Å². The van der Waals surface area contributed by atoms with Crippen LogP contribution in [0.25, 0.3) is 6.08 Å². The molecule has 1 aliphatic rings. The molecule has 0 spiro atoms. The number of hydrogen-bond donors (Lipinski definition) is 0. The summed E-state index contributed by atoms with van der Waals surface area (Å²) in [6.45, 7) is 2.88. The van der Waals surface area contributed by atoms with E-state index in [9.17, 15) is 9.59 Å². The first-order valence-electron chi connectivity index (χ1n) is 9.00. The van der Waals surface area contributed by atoms with E-state index in [2.05, 4.69) is 31.9 Å². The highest BCUT2D eigenvalue weighted by molar-refractivity contribution is 9.11. The second-order valence-electron chi connectivity index (χ2n) is 6.42. The molecule has 2 amide bonds. The highest BCUT2D eigenvalue weighted by Gasteiger charge is 2.34. The molecule has 1 saturated heterocycles. The van der Waals surface area contributed by atoms with Crippen LogP contribution in [0.15, 0.2) is 50.2 Å². The average molecular weight is 560 g/mol. The Balaban J connectivity index is 1.75. The fourth-order valence-corrected chi connectivity index (χ4v) is 5.14. The molecule has 152 valence electrons. The molecule has 0 atom stereocenters. The van der Waals surface area contributed by atoms with Gasteiger partial charge in [-0.25, -0.2) is 0 Å². The summed E-state index contributed by atoms with van der Waals surface area (Å²) in [7, 11) is 0. The SMILES string of the molecule is CCCCN1C(=O)S/C(=C\c2cc(Br)c(OCc3ccc(Cl)cc3)c(Br)c2)C1=O. The summed E-state index contributed by atoms with van der Waals surface area (Å²) in [5, 5.41) is 0.468. The molecule has 1 heterocycles. The van der Waals surface area contributed by atoms with Gasteiger partial charge in [-0.05, 0) is 91.5 Å². The molecule has 29 heavy (non-hydrogen) atoms. The number of unbranched alkanes of at least 4 members (excludes halogenated alkanes) is 1. The number of hydrogen-bond acceptors (Lipinski definition) is 4. The number of nitrogens with zero attached hydrogens (tertiary/aromatic N) is 1. The maximum absolute atomic E-state index is 12.5. The fraction of sp³-hybridized carbons (Fsp3) is 0.238. The van der Waals surface area contributed by atoms with Crippen molar-refractivity contribution in [1.82, 2.24) is 4.90 Å². The van der Waals surface area contributed by atoms with Crippen molar-refractivity contribution >= 4 is 72.4 Å². The lowest BCUT2D eigenvalue weighted by molar-refractivity contribution is -0.122. The largest absolute Gasteiger partial charge is 0.487 e. The Morgan fingerprint density at radius 2 is 1.79 bits per heavy atom. The Morgan fingerprint density at radius 1 is 1.14 bits per heavy atom. The standard InChI is InChI=1S/C21H18Br2ClNO3S/c1-2-3-8-25-20(26)18(29-21(25)27)11-14-9-16(22)19(17(23)10-14)28-12-13-4-6-15(24)7-5-13/h4-7,9-11H,2-3,8,12H2,1H3/b18-11-. The van der Waals surface area contributed by atoms with Crippen LogP contribution in [0.1, 0.15) is 30.9 Å². The van der Waals surface area contributed by atoms with E-state index in [-0.39, 0.29) is 11.1 Å². The van der Waals surface area contributed by atoms with E-state index in [0.29, 0.717) is 28.8 Å². The number of ether oxygens (including phenoxy) is 1. The van der Waals surface area contributed by atoms with Crippen molar-refractivity contribution in [2.75, 3.05) is 6.54 Å². The molecule has 2 aromatic rings. The van der Waals surface area contributed by atoms with Crippen LogP contribution in [0, 0.1) is 0 Å². The maximum Gasteiger partial charge on any atom is 0.293 e. The van der Waals surface area contributed by atoms with Gasteiger partial charge in [0.1, 0.15) is 12.4 Å². The molecular weight excluding hydrogens is 542 g/mol. The number of imide groups is 1. The summed E-state index contributed by atoms with van der Waals surface area (Å²) in [4.78, 5) is 26.3. The zero-order valence-electron chi connectivity index (χ0n) is 15.6. The van der Waals surface area contributed by atoms with Gasteiger partial charge in [-0.15, -0.1) is 0 Å². The van der Waals surface area contributed by atoms with Gasteiger partial charge in [-0.1, -0.05) is 37.1 Å². The van der Waals surface area contributed by atoms with Crippen LogP contribution in [-0.4, -0.2) is 22.6 Å². The topological polar surface area (TPSA) is 46.6 Å². The van der Waals surface area contributed by atoms with E-state index < -0.39 is 0 Å². The van der Waals surface area contributed by atoms with Crippen molar-refractivity contribution in [2.24, 2.45) is 0 Å². The molecule has 4 nitrogen and oxygen atoms in total. The quantitative estimate of drug-likeness (QED) is 0.335. The van der Waals surface area contributed by atoms with Gasteiger partial charge in [0.15, 0.2) is 0 Å². The van der Waals surface area contributed by atoms with Gasteiger partial charge in [0.25, 0.3) is 11.1 Å². The molecule has 0 aromatic heterocycles. The lowest BCUT2D eigenvalue weighted by atomic mass is 10.2. The Morgan fingerprint density at radius 3 is 2.41 bits per heavy atom. The molecule has 3 rings (SSSR count). The van der Waals surface area contributed by atoms with Crippen LogP contribution >= 0.6 is 55.2 Å². The summed E-state index contributed by atoms with van der Waals surface area (Å²) in [6, 6.07) is 11.2. The van der Waals surface area contributed by atoms with E-state index in [1.807, 2.05) is 43.3 Å². The lowest BCUT2D eigenvalue weighted by Crippen LogP contribution is -2.29. The third kappa shape index (κ3) is 5.66. The summed E-state index contributed by atoms with van der Waals surface area (Å²) in [6.07, 6.45) is 3.47. The van der Waals surface area contributed by atoms with E-state index in [0.717, 1.165) is 44.7 Å². The number of carbonyl (C=O) groups is 2. The van der Waals surface area contributed by atoms with Crippen LogP contribution in [0.4, 0.5) is 4.79 Å². The molecule has 0 radical (unpaired) electrons. The minimum Gasteiger partial charge on any atom is -0.487 e. The van der Waals surface area contributed by atoms with Gasteiger partial charge in [0.2, 0.25) is 0 Å². The molecule has 1 fully saturated rings. The predicted molar refractivity (Wildman–Crippen MR) is 125 cm³/mol. The number of rotatable bonds is 7. The first kappa shape index (κ1) is 22.4. The van der Waals surface area contributed by atoms with Crippen molar-refractivity contribution in [3.8, 4) is 5.75 Å². The number of carbonyl (C=O) groups excluding carboxylic acids is 2. The highest BCUT2D eigenvalue weighted by atomic mass is 79.9. The zero-order chi connectivity index (χ0) is 21.0. The molecule has 2 aromatic carbocycles.